The Labute approximate surface area is 218 Å². The molecule has 3 aromatic rings. The summed E-state index contributed by atoms with van der Waals surface area (Å²) in [6, 6.07) is 14.0. The molecule has 0 radical (unpaired) electrons. The number of amides is 1. The van der Waals surface area contributed by atoms with Crippen molar-refractivity contribution in [3.63, 3.8) is 0 Å². The van der Waals surface area contributed by atoms with Crippen LogP contribution in [0.2, 0.25) is 5.02 Å². The Hall–Kier alpha value is -4.27. The number of non-ortho nitro benzene ring substituents is 1. The van der Waals surface area contributed by atoms with Crippen LogP contribution in [0.3, 0.4) is 0 Å². The van der Waals surface area contributed by atoms with Gasteiger partial charge < -0.3 is 9.50 Å². The van der Waals surface area contributed by atoms with Crippen molar-refractivity contribution in [3.8, 4) is 5.75 Å². The van der Waals surface area contributed by atoms with E-state index in [0.29, 0.717) is 5.56 Å². The lowest BCUT2D eigenvalue weighted by atomic mass is 10.2. The lowest BCUT2D eigenvalue weighted by molar-refractivity contribution is -0.384. The Morgan fingerprint density at radius 3 is 2.41 bits per heavy atom. The van der Waals surface area contributed by atoms with E-state index < -0.39 is 25.9 Å². The third-order valence-corrected chi connectivity index (χ3v) is 7.11. The fourth-order valence-corrected chi connectivity index (χ4v) is 4.97. The average molecular weight is 561 g/mol. The molecule has 15 heteroatoms. The van der Waals surface area contributed by atoms with Crippen LogP contribution in [-0.4, -0.2) is 29.3 Å². The molecular formula is C22H13ClN4O8S2. The van der Waals surface area contributed by atoms with Crippen molar-refractivity contribution >= 4 is 67.7 Å². The van der Waals surface area contributed by atoms with E-state index in [1.54, 1.807) is 6.07 Å². The lowest BCUT2D eigenvalue weighted by Crippen LogP contribution is -2.19. The normalized spacial score (nSPS) is 15.5. The van der Waals surface area contributed by atoms with Crippen LogP contribution < -0.4 is 9.50 Å². The first-order valence-electron chi connectivity index (χ1n) is 10.0. The monoisotopic (exact) mass is 560 g/mol. The number of carbonyl (C=O) groups is 1. The second-order valence-electron chi connectivity index (χ2n) is 7.23. The first-order valence-corrected chi connectivity index (χ1v) is 12.6. The van der Waals surface area contributed by atoms with E-state index in [1.165, 1.54) is 36.4 Å². The average Bonchev–Trinajstić information content (AvgIpc) is 3.18. The van der Waals surface area contributed by atoms with Crippen LogP contribution in [0, 0.1) is 20.2 Å². The summed E-state index contributed by atoms with van der Waals surface area (Å²) >= 11 is 6.74. The van der Waals surface area contributed by atoms with Crippen molar-refractivity contribution in [2.45, 2.75) is 4.90 Å². The molecule has 37 heavy (non-hydrogen) atoms. The van der Waals surface area contributed by atoms with Crippen LogP contribution in [0.1, 0.15) is 5.56 Å². The van der Waals surface area contributed by atoms with Crippen molar-refractivity contribution in [2.24, 2.45) is 4.99 Å². The van der Waals surface area contributed by atoms with Crippen LogP contribution in [0.15, 0.2) is 81.5 Å². The fraction of sp³-hybridized carbons (Fsp3) is 0. The predicted molar refractivity (Wildman–Crippen MR) is 136 cm³/mol. The number of rotatable bonds is 7. The SMILES string of the molecule is O=C1NC(=Nc2ccc(Cl)cc2[N+](=O)[O-])S/C1=C/c1cccc(OS(=O)(=O)c2ccc([N+](=O)[O-])cc2)c1. The lowest BCUT2D eigenvalue weighted by Gasteiger charge is -2.07. The second kappa shape index (κ2) is 10.4. The quantitative estimate of drug-likeness (QED) is 0.184. The molecule has 1 N–H and O–H groups in total. The standard InChI is InChI=1S/C22H13ClN4O8S2/c23-14-4-9-18(19(12-14)27(31)32)24-22-25-21(28)20(36-22)11-13-2-1-3-16(10-13)35-37(33,34)17-7-5-15(6-8-17)26(29)30/h1-12H,(H,24,25,28)/b20-11+. The number of halogens is 1. The number of nitrogens with one attached hydrogen (secondary N) is 1. The molecule has 1 amide bonds. The molecule has 0 aliphatic carbocycles. The van der Waals surface area contributed by atoms with Crippen molar-refractivity contribution in [2.75, 3.05) is 0 Å². The highest BCUT2D eigenvalue weighted by Crippen LogP contribution is 2.34. The zero-order chi connectivity index (χ0) is 26.7. The largest absolute Gasteiger partial charge is 0.379 e. The van der Waals surface area contributed by atoms with Crippen molar-refractivity contribution in [3.05, 3.63) is 102 Å². The zero-order valence-corrected chi connectivity index (χ0v) is 20.6. The number of nitrogens with zero attached hydrogens (tertiary/aromatic N) is 3. The predicted octanol–water partition coefficient (Wildman–Crippen LogP) is 4.82. The number of nitro benzene ring substituents is 2. The van der Waals surface area contributed by atoms with Gasteiger partial charge in [-0.2, -0.15) is 8.42 Å². The van der Waals surface area contributed by atoms with Crippen molar-refractivity contribution < 1.29 is 27.2 Å². The number of hydrogen-bond acceptors (Lipinski definition) is 10. The Kier molecular flexibility index (Phi) is 7.24. The van der Waals surface area contributed by atoms with Crippen LogP contribution in [-0.2, 0) is 14.9 Å². The Morgan fingerprint density at radius 1 is 1.00 bits per heavy atom. The molecule has 0 saturated carbocycles. The van der Waals surface area contributed by atoms with Gasteiger partial charge in [0.05, 0.1) is 14.8 Å². The maximum atomic E-state index is 12.6. The molecule has 1 fully saturated rings. The third kappa shape index (κ3) is 6.11. The maximum absolute atomic E-state index is 12.6. The molecule has 1 aliphatic heterocycles. The molecular weight excluding hydrogens is 548 g/mol. The first-order chi connectivity index (χ1) is 17.5. The van der Waals surface area contributed by atoms with E-state index in [9.17, 15) is 33.4 Å². The smallest absolute Gasteiger partial charge is 0.339 e. The van der Waals surface area contributed by atoms with E-state index in [1.807, 2.05) is 0 Å². The highest BCUT2D eigenvalue weighted by atomic mass is 35.5. The number of benzene rings is 3. The molecule has 0 bridgehead atoms. The topological polar surface area (TPSA) is 171 Å². The third-order valence-electron chi connectivity index (χ3n) is 4.71. The molecule has 0 spiro atoms. The molecule has 0 unspecified atom stereocenters. The summed E-state index contributed by atoms with van der Waals surface area (Å²) in [4.78, 5) is 37.2. The van der Waals surface area contributed by atoms with Gasteiger partial charge in [-0.25, -0.2) is 4.99 Å². The van der Waals surface area contributed by atoms with Gasteiger partial charge in [0.2, 0.25) is 0 Å². The molecule has 188 valence electrons. The molecule has 12 nitrogen and oxygen atoms in total. The fourth-order valence-electron chi connectivity index (χ4n) is 3.04. The number of hydrogen-bond donors (Lipinski definition) is 1. The molecule has 3 aromatic carbocycles. The number of aliphatic imine (C=N–C) groups is 1. The molecule has 0 atom stereocenters. The molecule has 4 rings (SSSR count). The van der Waals surface area contributed by atoms with Crippen LogP contribution in [0.5, 0.6) is 5.75 Å². The van der Waals surface area contributed by atoms with Gasteiger partial charge in [0.25, 0.3) is 17.3 Å². The minimum atomic E-state index is -4.28. The van der Waals surface area contributed by atoms with Crippen LogP contribution in [0.25, 0.3) is 6.08 Å². The number of nitro groups is 2. The van der Waals surface area contributed by atoms with Gasteiger partial charge in [0, 0.05) is 23.2 Å². The highest BCUT2D eigenvalue weighted by molar-refractivity contribution is 8.18. The minimum Gasteiger partial charge on any atom is -0.379 e. The van der Waals surface area contributed by atoms with Gasteiger partial charge >= 0.3 is 10.1 Å². The summed E-state index contributed by atoms with van der Waals surface area (Å²) in [6.07, 6.45) is 1.46. The van der Waals surface area contributed by atoms with Gasteiger partial charge in [-0.15, -0.1) is 0 Å². The van der Waals surface area contributed by atoms with Gasteiger partial charge in [-0.3, -0.25) is 25.0 Å². The van der Waals surface area contributed by atoms with E-state index in [4.69, 9.17) is 15.8 Å². The highest BCUT2D eigenvalue weighted by Gasteiger charge is 2.25. The molecule has 1 saturated heterocycles. The minimum absolute atomic E-state index is 0.00491. The second-order valence-corrected chi connectivity index (χ2v) is 10.2. The first kappa shape index (κ1) is 25.8. The summed E-state index contributed by atoms with van der Waals surface area (Å²) < 4.78 is 30.2. The number of amidine groups is 1. The molecule has 0 aromatic heterocycles. The molecule has 1 aliphatic rings. The number of carbonyl (C=O) groups excluding carboxylic acids is 1. The van der Waals surface area contributed by atoms with Gasteiger partial charge in [-0.05, 0) is 59.8 Å². The summed E-state index contributed by atoms with van der Waals surface area (Å²) in [6.45, 7) is 0. The Bertz CT molecular complexity index is 1610. The van der Waals surface area contributed by atoms with E-state index in [0.717, 1.165) is 42.1 Å². The van der Waals surface area contributed by atoms with E-state index in [-0.39, 0.29) is 42.8 Å². The van der Waals surface area contributed by atoms with E-state index in [2.05, 4.69) is 10.3 Å². The zero-order valence-electron chi connectivity index (χ0n) is 18.2. The Morgan fingerprint density at radius 2 is 1.73 bits per heavy atom. The maximum Gasteiger partial charge on any atom is 0.339 e. The summed E-state index contributed by atoms with van der Waals surface area (Å²) in [5.74, 6) is -0.563. The van der Waals surface area contributed by atoms with E-state index >= 15 is 0 Å². The molecule has 1 heterocycles. The van der Waals surface area contributed by atoms with Crippen LogP contribution in [0.4, 0.5) is 17.1 Å². The van der Waals surface area contributed by atoms with Gasteiger partial charge in [0.15, 0.2) is 5.17 Å². The number of thioether (sulfide) groups is 1. The summed E-state index contributed by atoms with van der Waals surface area (Å²) in [5, 5.41) is 24.8. The van der Waals surface area contributed by atoms with Gasteiger partial charge in [0.1, 0.15) is 16.3 Å². The van der Waals surface area contributed by atoms with Crippen molar-refractivity contribution in [1.29, 1.82) is 0 Å². The summed E-state index contributed by atoms with van der Waals surface area (Å²) in [5.41, 5.74) is -0.169. The van der Waals surface area contributed by atoms with Crippen LogP contribution >= 0.6 is 23.4 Å². The summed E-state index contributed by atoms with van der Waals surface area (Å²) in [7, 11) is -4.28. The van der Waals surface area contributed by atoms with Crippen molar-refractivity contribution in [1.82, 2.24) is 5.32 Å². The van der Waals surface area contributed by atoms with Gasteiger partial charge in [-0.1, -0.05) is 23.7 Å². The Balaban J connectivity index is 1.54.